The minimum absolute atomic E-state index is 0.122. The van der Waals surface area contributed by atoms with E-state index in [0.29, 0.717) is 18.2 Å². The van der Waals surface area contributed by atoms with E-state index < -0.39 is 22.7 Å². The smallest absolute Gasteiger partial charge is 0.239 e. The molecule has 2 aliphatic carbocycles. The van der Waals surface area contributed by atoms with Gasteiger partial charge in [0.05, 0.1) is 12.3 Å². The second kappa shape index (κ2) is 10.5. The Kier molecular flexibility index (Phi) is 7.37. The number of nitrogens with zero attached hydrogens (tertiary/aromatic N) is 1. The van der Waals surface area contributed by atoms with Crippen LogP contribution in [0.3, 0.4) is 0 Å². The maximum Gasteiger partial charge on any atom is 0.239 e. The lowest BCUT2D eigenvalue weighted by molar-refractivity contribution is -0.113. The summed E-state index contributed by atoms with van der Waals surface area (Å²) < 4.78 is 26.6. The van der Waals surface area contributed by atoms with Gasteiger partial charge in [-0.15, -0.1) is 0 Å². The molecule has 1 spiro atoms. The molecule has 1 saturated carbocycles. The first kappa shape index (κ1) is 24.6. The quantitative estimate of drug-likeness (QED) is 0.509. The van der Waals surface area contributed by atoms with Crippen molar-refractivity contribution in [1.82, 2.24) is 0 Å². The Hall–Kier alpha value is -2.09. The average molecular weight is 517 g/mol. The Bertz CT molecular complexity index is 1120. The lowest BCUT2D eigenvalue weighted by Crippen LogP contribution is -2.47. The standard InChI is InChI=1S/C27H33ClN2O4S/c28-21-8-10-23-20(13-21)7-4-12-27(23)17-30(15-19-5-2-1-3-6-19)24-14-22(9-11-25(24)34-18-27)29-26(31)16-35(32)33/h8-11,13-14,19H,1-7,12,15-18H2,(H,29,31)(H,32,33). The summed E-state index contributed by atoms with van der Waals surface area (Å²) in [6.45, 7) is 2.41. The largest absolute Gasteiger partial charge is 0.490 e. The van der Waals surface area contributed by atoms with Crippen LogP contribution in [0.2, 0.25) is 5.02 Å². The summed E-state index contributed by atoms with van der Waals surface area (Å²) in [4.78, 5) is 14.6. The average Bonchev–Trinajstić information content (AvgIpc) is 2.97. The van der Waals surface area contributed by atoms with Gasteiger partial charge in [0.2, 0.25) is 5.91 Å². The number of carbonyl (C=O) groups excluding carboxylic acids is 1. The van der Waals surface area contributed by atoms with Crippen molar-refractivity contribution in [2.24, 2.45) is 5.92 Å². The normalized spacial score (nSPS) is 23.1. The SMILES string of the molecule is O=C(CS(=O)O)Nc1ccc2c(c1)N(CC1CCCCC1)CC1(CCCc3cc(Cl)ccc31)CO2. The van der Waals surface area contributed by atoms with E-state index in [2.05, 4.69) is 22.3 Å². The molecule has 0 bridgehead atoms. The Labute approximate surface area is 214 Å². The highest BCUT2D eigenvalue weighted by molar-refractivity contribution is 7.80. The van der Waals surface area contributed by atoms with Gasteiger partial charge in [0.1, 0.15) is 11.5 Å². The highest BCUT2D eigenvalue weighted by Gasteiger charge is 2.42. The monoisotopic (exact) mass is 516 g/mol. The van der Waals surface area contributed by atoms with E-state index in [9.17, 15) is 9.00 Å². The summed E-state index contributed by atoms with van der Waals surface area (Å²) >= 11 is 4.17. The van der Waals surface area contributed by atoms with Crippen molar-refractivity contribution in [3.8, 4) is 5.75 Å². The van der Waals surface area contributed by atoms with Crippen molar-refractivity contribution < 1.29 is 18.3 Å². The predicted molar refractivity (Wildman–Crippen MR) is 141 cm³/mol. The van der Waals surface area contributed by atoms with Gasteiger partial charge in [-0.2, -0.15) is 0 Å². The van der Waals surface area contributed by atoms with E-state index in [4.69, 9.17) is 20.9 Å². The molecule has 0 radical (unpaired) electrons. The number of rotatable bonds is 5. The van der Waals surface area contributed by atoms with E-state index in [1.54, 1.807) is 0 Å². The molecular weight excluding hydrogens is 484 g/mol. The van der Waals surface area contributed by atoms with Gasteiger partial charge in [-0.1, -0.05) is 36.9 Å². The molecule has 5 rings (SSSR count). The highest BCUT2D eigenvalue weighted by Crippen LogP contribution is 2.45. The highest BCUT2D eigenvalue weighted by atomic mass is 35.5. The Morgan fingerprint density at radius 3 is 2.80 bits per heavy atom. The van der Waals surface area contributed by atoms with E-state index in [1.807, 2.05) is 24.3 Å². The first-order chi connectivity index (χ1) is 16.9. The third kappa shape index (κ3) is 5.52. The first-order valence-corrected chi connectivity index (χ1v) is 14.3. The van der Waals surface area contributed by atoms with Crippen LogP contribution >= 0.6 is 11.6 Å². The van der Waals surface area contributed by atoms with Crippen LogP contribution in [0.15, 0.2) is 36.4 Å². The molecule has 0 saturated heterocycles. The number of nitrogens with one attached hydrogen (secondary N) is 1. The molecule has 2 unspecified atom stereocenters. The van der Waals surface area contributed by atoms with Crippen LogP contribution in [-0.2, 0) is 27.7 Å². The number of fused-ring (bicyclic) bond motifs is 3. The van der Waals surface area contributed by atoms with E-state index in [0.717, 1.165) is 48.8 Å². The number of amides is 1. The lowest BCUT2D eigenvalue weighted by Gasteiger charge is -2.42. The summed E-state index contributed by atoms with van der Waals surface area (Å²) in [5, 5.41) is 3.55. The Balaban J connectivity index is 1.49. The molecular formula is C27H33ClN2O4S. The predicted octanol–water partition coefficient (Wildman–Crippen LogP) is 5.55. The number of carbonyl (C=O) groups is 1. The second-order valence-electron chi connectivity index (χ2n) is 10.3. The fourth-order valence-electron chi connectivity index (χ4n) is 6.18. The number of aryl methyl sites for hydroxylation is 1. The van der Waals surface area contributed by atoms with Crippen molar-refractivity contribution in [3.05, 3.63) is 52.5 Å². The third-order valence-electron chi connectivity index (χ3n) is 7.78. The molecule has 188 valence electrons. The molecule has 2 N–H and O–H groups in total. The maximum atomic E-state index is 12.1. The summed E-state index contributed by atoms with van der Waals surface area (Å²) in [5.74, 6) is 0.535. The second-order valence-corrected chi connectivity index (χ2v) is 11.7. The van der Waals surface area contributed by atoms with Crippen LogP contribution in [-0.4, -0.2) is 40.1 Å². The molecule has 1 fully saturated rings. The fourth-order valence-corrected chi connectivity index (χ4v) is 6.67. The fraction of sp³-hybridized carbons (Fsp3) is 0.519. The van der Waals surface area contributed by atoms with Crippen molar-refractivity contribution in [2.45, 2.75) is 56.8 Å². The number of ether oxygens (including phenoxy) is 1. The summed E-state index contributed by atoms with van der Waals surface area (Å²) in [6.07, 6.45) is 9.56. The summed E-state index contributed by atoms with van der Waals surface area (Å²) in [7, 11) is 0. The number of benzene rings is 2. The molecule has 6 nitrogen and oxygen atoms in total. The molecule has 35 heavy (non-hydrogen) atoms. The van der Waals surface area contributed by atoms with Gasteiger partial charge < -0.3 is 19.5 Å². The molecule has 2 aromatic rings. The van der Waals surface area contributed by atoms with Crippen LogP contribution in [0.25, 0.3) is 0 Å². The molecule has 2 aromatic carbocycles. The maximum absolute atomic E-state index is 12.1. The van der Waals surface area contributed by atoms with Gasteiger partial charge in [0.25, 0.3) is 0 Å². The van der Waals surface area contributed by atoms with Crippen molar-refractivity contribution in [1.29, 1.82) is 0 Å². The molecule has 1 heterocycles. The third-order valence-corrected chi connectivity index (χ3v) is 8.52. The van der Waals surface area contributed by atoms with Crippen molar-refractivity contribution in [3.63, 3.8) is 0 Å². The van der Waals surface area contributed by atoms with Crippen LogP contribution in [0.5, 0.6) is 5.75 Å². The Morgan fingerprint density at radius 1 is 1.17 bits per heavy atom. The van der Waals surface area contributed by atoms with Gasteiger partial charge >= 0.3 is 0 Å². The number of anilines is 2. The minimum atomic E-state index is -2.17. The zero-order valence-corrected chi connectivity index (χ0v) is 21.5. The number of halogens is 1. The van der Waals surface area contributed by atoms with E-state index in [1.165, 1.54) is 43.2 Å². The van der Waals surface area contributed by atoms with Gasteiger partial charge in [0.15, 0.2) is 11.1 Å². The molecule has 3 aliphatic rings. The van der Waals surface area contributed by atoms with Gasteiger partial charge in [-0.05, 0) is 79.5 Å². The zero-order valence-electron chi connectivity index (χ0n) is 19.9. The van der Waals surface area contributed by atoms with E-state index >= 15 is 0 Å². The van der Waals surface area contributed by atoms with Gasteiger partial charge in [-0.3, -0.25) is 4.79 Å². The molecule has 1 amide bonds. The van der Waals surface area contributed by atoms with Crippen molar-refractivity contribution in [2.75, 3.05) is 35.7 Å². The van der Waals surface area contributed by atoms with Gasteiger partial charge in [-0.25, -0.2) is 4.21 Å². The van der Waals surface area contributed by atoms with Gasteiger partial charge in [0, 0.05) is 29.2 Å². The molecule has 2 atom stereocenters. The van der Waals surface area contributed by atoms with Crippen molar-refractivity contribution >= 4 is 40.0 Å². The van der Waals surface area contributed by atoms with Crippen LogP contribution in [0, 0.1) is 5.92 Å². The van der Waals surface area contributed by atoms with Crippen LogP contribution in [0.4, 0.5) is 11.4 Å². The van der Waals surface area contributed by atoms with Crippen LogP contribution < -0.4 is 15.0 Å². The molecule has 8 heteroatoms. The minimum Gasteiger partial charge on any atom is -0.490 e. The number of hydrogen-bond donors (Lipinski definition) is 2. The summed E-state index contributed by atoms with van der Waals surface area (Å²) in [5.41, 5.74) is 4.14. The zero-order chi connectivity index (χ0) is 24.4. The molecule has 1 aliphatic heterocycles. The lowest BCUT2D eigenvalue weighted by atomic mass is 9.70. The summed E-state index contributed by atoms with van der Waals surface area (Å²) in [6, 6.07) is 12.0. The van der Waals surface area contributed by atoms with E-state index in [-0.39, 0.29) is 5.41 Å². The number of hydrogen-bond acceptors (Lipinski definition) is 4. The first-order valence-electron chi connectivity index (χ1n) is 12.6. The molecule has 0 aromatic heterocycles. The van der Waals surface area contributed by atoms with Crippen LogP contribution in [0.1, 0.15) is 56.1 Å². The topological polar surface area (TPSA) is 78.9 Å². The Morgan fingerprint density at radius 2 is 2.00 bits per heavy atom.